The lowest BCUT2D eigenvalue weighted by Crippen LogP contribution is -2.49. The maximum absolute atomic E-state index is 12.8. The molecule has 2 fully saturated rings. The summed E-state index contributed by atoms with van der Waals surface area (Å²) in [7, 11) is 0. The van der Waals surface area contributed by atoms with Crippen molar-refractivity contribution in [2.24, 2.45) is 5.92 Å². The van der Waals surface area contributed by atoms with Gasteiger partial charge in [-0.1, -0.05) is 29.8 Å². The minimum atomic E-state index is -4.34. The molecule has 0 bridgehead atoms. The number of hydrogen-bond donors (Lipinski definition) is 0. The molecule has 2 aromatic carbocycles. The highest BCUT2D eigenvalue weighted by atomic mass is 35.5. The summed E-state index contributed by atoms with van der Waals surface area (Å²) in [5, 5.41) is 0.696. The van der Waals surface area contributed by atoms with Crippen molar-refractivity contribution in [3.05, 3.63) is 64.2 Å². The standard InChI is InChI=1S/C22H22ClF3N2O/c1-14-2-7-17(23)12-20(14)27-8-10-28(11-9-27)21(29)19-13-18(19)15-3-5-16(6-4-15)22(24,25)26/h2-7,12,18-19H,8-11,13H2,1H3. The molecule has 1 saturated carbocycles. The molecule has 1 amide bonds. The lowest BCUT2D eigenvalue weighted by atomic mass is 10.1. The van der Waals surface area contributed by atoms with E-state index in [0.29, 0.717) is 24.5 Å². The first kappa shape index (κ1) is 20.1. The normalized spacial score (nSPS) is 22.0. The number of carbonyl (C=O) groups is 1. The molecule has 4 rings (SSSR count). The first-order valence-corrected chi connectivity index (χ1v) is 10.1. The molecule has 2 atom stereocenters. The van der Waals surface area contributed by atoms with Crippen LogP contribution in [0.5, 0.6) is 0 Å². The van der Waals surface area contributed by atoms with Crippen LogP contribution >= 0.6 is 11.6 Å². The van der Waals surface area contributed by atoms with Gasteiger partial charge in [-0.05, 0) is 54.7 Å². The molecule has 29 heavy (non-hydrogen) atoms. The maximum Gasteiger partial charge on any atom is 0.416 e. The predicted molar refractivity (Wildman–Crippen MR) is 107 cm³/mol. The van der Waals surface area contributed by atoms with Crippen LogP contribution in [0.15, 0.2) is 42.5 Å². The number of carbonyl (C=O) groups excluding carboxylic acids is 1. The molecule has 0 spiro atoms. The molecule has 0 radical (unpaired) electrons. The third-order valence-corrected chi connectivity index (χ3v) is 6.11. The summed E-state index contributed by atoms with van der Waals surface area (Å²) in [6.07, 6.45) is -3.63. The lowest BCUT2D eigenvalue weighted by Gasteiger charge is -2.37. The van der Waals surface area contributed by atoms with Gasteiger partial charge in [0, 0.05) is 42.8 Å². The number of benzene rings is 2. The van der Waals surface area contributed by atoms with E-state index in [1.807, 2.05) is 30.0 Å². The van der Waals surface area contributed by atoms with Crippen molar-refractivity contribution >= 4 is 23.2 Å². The van der Waals surface area contributed by atoms with E-state index in [0.717, 1.165) is 42.0 Å². The number of alkyl halides is 3. The highest BCUT2D eigenvalue weighted by Crippen LogP contribution is 2.49. The molecule has 1 aliphatic carbocycles. The Balaban J connectivity index is 1.34. The Morgan fingerprint density at radius 2 is 1.69 bits per heavy atom. The number of amides is 1. The molecule has 154 valence electrons. The average molecular weight is 423 g/mol. The summed E-state index contributed by atoms with van der Waals surface area (Å²) in [4.78, 5) is 17.0. The van der Waals surface area contributed by atoms with E-state index in [2.05, 4.69) is 4.90 Å². The van der Waals surface area contributed by atoms with Crippen LogP contribution in [0, 0.1) is 12.8 Å². The first-order valence-electron chi connectivity index (χ1n) is 9.71. The van der Waals surface area contributed by atoms with Crippen molar-refractivity contribution in [2.75, 3.05) is 31.1 Å². The maximum atomic E-state index is 12.8. The zero-order valence-corrected chi connectivity index (χ0v) is 16.8. The second kappa shape index (κ2) is 7.56. The van der Waals surface area contributed by atoms with Crippen molar-refractivity contribution in [2.45, 2.75) is 25.4 Å². The molecular formula is C22H22ClF3N2O. The SMILES string of the molecule is Cc1ccc(Cl)cc1N1CCN(C(=O)C2CC2c2ccc(C(F)(F)F)cc2)CC1. The average Bonchev–Trinajstić information content (AvgIpc) is 3.50. The van der Waals surface area contributed by atoms with E-state index < -0.39 is 11.7 Å². The quantitative estimate of drug-likeness (QED) is 0.685. The van der Waals surface area contributed by atoms with Crippen molar-refractivity contribution in [3.63, 3.8) is 0 Å². The molecule has 0 N–H and O–H groups in total. The number of hydrogen-bond acceptors (Lipinski definition) is 2. The van der Waals surface area contributed by atoms with Crippen molar-refractivity contribution in [1.82, 2.24) is 4.90 Å². The van der Waals surface area contributed by atoms with Gasteiger partial charge in [-0.3, -0.25) is 4.79 Å². The molecule has 1 aliphatic heterocycles. The summed E-state index contributed by atoms with van der Waals surface area (Å²) in [5.74, 6) is 0.0153. The molecular weight excluding hydrogens is 401 g/mol. The largest absolute Gasteiger partial charge is 0.416 e. The Bertz CT molecular complexity index is 905. The monoisotopic (exact) mass is 422 g/mol. The van der Waals surface area contributed by atoms with Gasteiger partial charge in [-0.25, -0.2) is 0 Å². The third kappa shape index (κ3) is 4.22. The van der Waals surface area contributed by atoms with Crippen LogP contribution in [0.3, 0.4) is 0 Å². The van der Waals surface area contributed by atoms with Gasteiger partial charge in [-0.2, -0.15) is 13.2 Å². The Hall–Kier alpha value is -2.21. The predicted octanol–water partition coefficient (Wildman–Crippen LogP) is 5.12. The minimum absolute atomic E-state index is 0.0259. The fourth-order valence-electron chi connectivity index (χ4n) is 4.08. The summed E-state index contributed by atoms with van der Waals surface area (Å²) < 4.78 is 38.1. The van der Waals surface area contributed by atoms with E-state index in [-0.39, 0.29) is 17.7 Å². The second-order valence-corrected chi connectivity index (χ2v) is 8.25. The molecule has 2 aliphatic rings. The Kier molecular flexibility index (Phi) is 5.23. The number of anilines is 1. The summed E-state index contributed by atoms with van der Waals surface area (Å²) >= 11 is 6.12. The summed E-state index contributed by atoms with van der Waals surface area (Å²) in [6.45, 7) is 4.80. The molecule has 0 aromatic heterocycles. The van der Waals surface area contributed by atoms with Gasteiger partial charge in [0.1, 0.15) is 0 Å². The van der Waals surface area contributed by atoms with Gasteiger partial charge in [-0.15, -0.1) is 0 Å². The lowest BCUT2D eigenvalue weighted by molar-refractivity contribution is -0.137. The molecule has 1 saturated heterocycles. The van der Waals surface area contributed by atoms with E-state index in [9.17, 15) is 18.0 Å². The Morgan fingerprint density at radius 3 is 2.31 bits per heavy atom. The molecule has 2 aromatic rings. The van der Waals surface area contributed by atoms with E-state index in [1.54, 1.807) is 0 Å². The van der Waals surface area contributed by atoms with Crippen LogP contribution in [0.4, 0.5) is 18.9 Å². The highest BCUT2D eigenvalue weighted by molar-refractivity contribution is 6.30. The number of piperazine rings is 1. The molecule has 2 unspecified atom stereocenters. The van der Waals surface area contributed by atoms with E-state index >= 15 is 0 Å². The van der Waals surface area contributed by atoms with Gasteiger partial charge in [0.15, 0.2) is 0 Å². The van der Waals surface area contributed by atoms with Crippen LogP contribution in [0.25, 0.3) is 0 Å². The second-order valence-electron chi connectivity index (χ2n) is 7.81. The van der Waals surface area contributed by atoms with Crippen molar-refractivity contribution < 1.29 is 18.0 Å². The van der Waals surface area contributed by atoms with Crippen LogP contribution in [0.2, 0.25) is 5.02 Å². The Morgan fingerprint density at radius 1 is 1.03 bits per heavy atom. The van der Waals surface area contributed by atoms with Gasteiger partial charge < -0.3 is 9.80 Å². The van der Waals surface area contributed by atoms with Gasteiger partial charge in [0.2, 0.25) is 5.91 Å². The first-order chi connectivity index (χ1) is 13.7. The fraction of sp³-hybridized carbons (Fsp3) is 0.409. The number of nitrogens with zero attached hydrogens (tertiary/aromatic N) is 2. The summed E-state index contributed by atoms with van der Waals surface area (Å²) in [6, 6.07) is 11.0. The minimum Gasteiger partial charge on any atom is -0.368 e. The Labute approximate surface area is 173 Å². The van der Waals surface area contributed by atoms with Crippen LogP contribution in [-0.2, 0) is 11.0 Å². The van der Waals surface area contributed by atoms with Crippen LogP contribution < -0.4 is 4.90 Å². The van der Waals surface area contributed by atoms with Gasteiger partial charge in [0.25, 0.3) is 0 Å². The smallest absolute Gasteiger partial charge is 0.368 e. The fourth-order valence-corrected chi connectivity index (χ4v) is 4.25. The highest BCUT2D eigenvalue weighted by Gasteiger charge is 2.46. The van der Waals surface area contributed by atoms with E-state index in [1.165, 1.54) is 12.1 Å². The van der Waals surface area contributed by atoms with Crippen LogP contribution in [0.1, 0.15) is 29.0 Å². The number of rotatable bonds is 3. The molecule has 7 heteroatoms. The molecule has 3 nitrogen and oxygen atoms in total. The van der Waals surface area contributed by atoms with E-state index in [4.69, 9.17) is 11.6 Å². The zero-order chi connectivity index (χ0) is 20.8. The summed E-state index contributed by atoms with van der Waals surface area (Å²) in [5.41, 5.74) is 2.40. The molecule has 1 heterocycles. The third-order valence-electron chi connectivity index (χ3n) is 5.88. The zero-order valence-electron chi connectivity index (χ0n) is 16.0. The van der Waals surface area contributed by atoms with Gasteiger partial charge in [0.05, 0.1) is 5.56 Å². The van der Waals surface area contributed by atoms with Gasteiger partial charge >= 0.3 is 6.18 Å². The number of aryl methyl sites for hydroxylation is 1. The van der Waals surface area contributed by atoms with Crippen molar-refractivity contribution in [3.8, 4) is 0 Å². The van der Waals surface area contributed by atoms with Crippen molar-refractivity contribution in [1.29, 1.82) is 0 Å². The topological polar surface area (TPSA) is 23.6 Å². The number of halogens is 4. The van der Waals surface area contributed by atoms with Crippen LogP contribution in [-0.4, -0.2) is 37.0 Å².